The molecule has 1 heterocycles. The number of nitrogens with zero attached hydrogens (tertiary/aromatic N) is 2. The molecule has 0 fully saturated rings. The monoisotopic (exact) mass is 305 g/mol. The van der Waals surface area contributed by atoms with Crippen molar-refractivity contribution in [1.82, 2.24) is 10.2 Å². The number of ether oxygens (including phenoxy) is 1. The van der Waals surface area contributed by atoms with Gasteiger partial charge in [-0.2, -0.15) is 0 Å². The first-order valence-corrected chi connectivity index (χ1v) is 7.41. The molecule has 0 bridgehead atoms. The Hall–Kier alpha value is -2.08. The van der Waals surface area contributed by atoms with Crippen molar-refractivity contribution in [2.24, 2.45) is 0 Å². The molecule has 0 saturated heterocycles. The Labute approximate surface area is 131 Å². The smallest absolute Gasteiger partial charge is 0.264 e. The summed E-state index contributed by atoms with van der Waals surface area (Å²) in [6, 6.07) is 5.51. The highest BCUT2D eigenvalue weighted by atomic mass is 16.5. The van der Waals surface area contributed by atoms with Crippen molar-refractivity contribution in [2.75, 3.05) is 45.7 Å². The van der Waals surface area contributed by atoms with Gasteiger partial charge in [0.2, 0.25) is 5.91 Å². The summed E-state index contributed by atoms with van der Waals surface area (Å²) in [5.74, 6) is 0.583. The second-order valence-corrected chi connectivity index (χ2v) is 5.73. The first kappa shape index (κ1) is 16.3. The number of fused-ring (bicyclic) bond motifs is 1. The molecular weight excluding hydrogens is 282 g/mol. The van der Waals surface area contributed by atoms with Gasteiger partial charge in [0, 0.05) is 13.6 Å². The fourth-order valence-corrected chi connectivity index (χ4v) is 2.30. The van der Waals surface area contributed by atoms with Crippen LogP contribution < -0.4 is 15.0 Å². The molecule has 0 saturated carbocycles. The lowest BCUT2D eigenvalue weighted by Crippen LogP contribution is -2.35. The number of hydrogen-bond acceptors (Lipinski definition) is 4. The molecule has 1 aliphatic heterocycles. The predicted octanol–water partition coefficient (Wildman–Crippen LogP) is 0.652. The first-order chi connectivity index (χ1) is 10.5. The van der Waals surface area contributed by atoms with Gasteiger partial charge in [-0.05, 0) is 44.8 Å². The maximum absolute atomic E-state index is 11.9. The van der Waals surface area contributed by atoms with Gasteiger partial charge in [-0.1, -0.05) is 6.07 Å². The Balaban J connectivity index is 1.91. The van der Waals surface area contributed by atoms with Gasteiger partial charge in [0.25, 0.3) is 5.91 Å². The zero-order chi connectivity index (χ0) is 16.1. The van der Waals surface area contributed by atoms with Crippen molar-refractivity contribution >= 4 is 17.5 Å². The lowest BCUT2D eigenvalue weighted by molar-refractivity contribution is -0.121. The van der Waals surface area contributed by atoms with Crippen LogP contribution in [0.2, 0.25) is 0 Å². The van der Waals surface area contributed by atoms with E-state index in [2.05, 4.69) is 10.2 Å². The predicted molar refractivity (Wildman–Crippen MR) is 85.2 cm³/mol. The van der Waals surface area contributed by atoms with Crippen LogP contribution in [0.3, 0.4) is 0 Å². The van der Waals surface area contributed by atoms with Crippen LogP contribution in [0.1, 0.15) is 12.0 Å². The van der Waals surface area contributed by atoms with E-state index in [4.69, 9.17) is 4.74 Å². The SMILES string of the molecule is CN(C)CCCNC(=O)Cc1ccc2c(c1)N(C)C(=O)CO2. The van der Waals surface area contributed by atoms with Crippen molar-refractivity contribution in [3.8, 4) is 5.75 Å². The normalized spacial score (nSPS) is 13.8. The van der Waals surface area contributed by atoms with Crippen molar-refractivity contribution in [2.45, 2.75) is 12.8 Å². The summed E-state index contributed by atoms with van der Waals surface area (Å²) in [5.41, 5.74) is 1.59. The Bertz CT molecular complexity index is 558. The first-order valence-electron chi connectivity index (χ1n) is 7.41. The average Bonchev–Trinajstić information content (AvgIpc) is 2.48. The van der Waals surface area contributed by atoms with E-state index in [1.165, 1.54) is 0 Å². The number of anilines is 1. The molecule has 0 spiro atoms. The molecule has 120 valence electrons. The number of carbonyl (C=O) groups excluding carboxylic acids is 2. The van der Waals surface area contributed by atoms with Gasteiger partial charge < -0.3 is 19.9 Å². The Kier molecular flexibility index (Phi) is 5.38. The Morgan fingerprint density at radius 2 is 2.18 bits per heavy atom. The lowest BCUT2D eigenvalue weighted by atomic mass is 10.1. The molecule has 0 aliphatic carbocycles. The highest BCUT2D eigenvalue weighted by Gasteiger charge is 2.22. The summed E-state index contributed by atoms with van der Waals surface area (Å²) < 4.78 is 5.37. The number of likely N-dealkylation sites (N-methyl/N-ethyl adjacent to an activating group) is 1. The van der Waals surface area contributed by atoms with Crippen LogP contribution in [0.5, 0.6) is 5.75 Å². The van der Waals surface area contributed by atoms with Crippen LogP contribution in [0.4, 0.5) is 5.69 Å². The van der Waals surface area contributed by atoms with Gasteiger partial charge in [-0.3, -0.25) is 9.59 Å². The molecule has 22 heavy (non-hydrogen) atoms. The highest BCUT2D eigenvalue weighted by molar-refractivity contribution is 5.97. The van der Waals surface area contributed by atoms with Gasteiger partial charge in [-0.15, -0.1) is 0 Å². The molecular formula is C16H23N3O3. The van der Waals surface area contributed by atoms with Crippen LogP contribution >= 0.6 is 0 Å². The minimum Gasteiger partial charge on any atom is -0.482 e. The second-order valence-electron chi connectivity index (χ2n) is 5.73. The molecule has 0 atom stereocenters. The van der Waals surface area contributed by atoms with Crippen molar-refractivity contribution < 1.29 is 14.3 Å². The van der Waals surface area contributed by atoms with Gasteiger partial charge in [0.1, 0.15) is 5.75 Å². The Morgan fingerprint density at radius 3 is 2.91 bits per heavy atom. The molecule has 2 amide bonds. The van der Waals surface area contributed by atoms with Crippen LogP contribution in [0, 0.1) is 0 Å². The molecule has 0 aromatic heterocycles. The van der Waals surface area contributed by atoms with E-state index in [-0.39, 0.29) is 18.4 Å². The van der Waals surface area contributed by atoms with E-state index < -0.39 is 0 Å². The van der Waals surface area contributed by atoms with Crippen molar-refractivity contribution in [1.29, 1.82) is 0 Å². The number of hydrogen-bond donors (Lipinski definition) is 1. The highest BCUT2D eigenvalue weighted by Crippen LogP contribution is 2.31. The third kappa shape index (κ3) is 4.21. The summed E-state index contributed by atoms with van der Waals surface area (Å²) in [6.45, 7) is 1.68. The molecule has 0 unspecified atom stereocenters. The molecule has 6 nitrogen and oxygen atoms in total. The summed E-state index contributed by atoms with van der Waals surface area (Å²) in [5, 5.41) is 2.91. The maximum Gasteiger partial charge on any atom is 0.264 e. The summed E-state index contributed by atoms with van der Waals surface area (Å²) >= 11 is 0. The van der Waals surface area contributed by atoms with Gasteiger partial charge in [0.15, 0.2) is 6.61 Å². The minimum absolute atomic E-state index is 0.00980. The second kappa shape index (κ2) is 7.26. The summed E-state index contributed by atoms with van der Waals surface area (Å²) in [7, 11) is 5.73. The third-order valence-corrected chi connectivity index (χ3v) is 3.58. The number of nitrogens with one attached hydrogen (secondary N) is 1. The molecule has 6 heteroatoms. The maximum atomic E-state index is 11.9. The zero-order valence-electron chi connectivity index (χ0n) is 13.4. The molecule has 1 N–H and O–H groups in total. The number of amides is 2. The lowest BCUT2D eigenvalue weighted by Gasteiger charge is -2.26. The van der Waals surface area contributed by atoms with E-state index >= 15 is 0 Å². The average molecular weight is 305 g/mol. The molecule has 1 aliphatic rings. The van der Waals surface area contributed by atoms with Crippen molar-refractivity contribution in [3.05, 3.63) is 23.8 Å². The molecule has 2 rings (SSSR count). The van der Waals surface area contributed by atoms with Gasteiger partial charge in [0.05, 0.1) is 12.1 Å². The van der Waals surface area contributed by atoms with Gasteiger partial charge >= 0.3 is 0 Å². The Morgan fingerprint density at radius 1 is 1.41 bits per heavy atom. The van der Waals surface area contributed by atoms with E-state index in [0.717, 1.165) is 18.5 Å². The third-order valence-electron chi connectivity index (χ3n) is 3.58. The quantitative estimate of drug-likeness (QED) is 0.784. The topological polar surface area (TPSA) is 61.9 Å². The largest absolute Gasteiger partial charge is 0.482 e. The van der Waals surface area contributed by atoms with E-state index in [9.17, 15) is 9.59 Å². The summed E-state index contributed by atoms with van der Waals surface area (Å²) in [6.07, 6.45) is 1.23. The zero-order valence-corrected chi connectivity index (χ0v) is 13.4. The van der Waals surface area contributed by atoms with E-state index in [1.807, 2.05) is 32.3 Å². The fourth-order valence-electron chi connectivity index (χ4n) is 2.30. The number of carbonyl (C=O) groups is 2. The molecule has 1 aromatic rings. The number of rotatable bonds is 6. The van der Waals surface area contributed by atoms with Crippen LogP contribution in [0.15, 0.2) is 18.2 Å². The molecule has 0 radical (unpaired) electrons. The summed E-state index contributed by atoms with van der Waals surface area (Å²) in [4.78, 5) is 27.2. The van der Waals surface area contributed by atoms with E-state index in [0.29, 0.717) is 24.4 Å². The fraction of sp³-hybridized carbons (Fsp3) is 0.500. The standard InChI is InChI=1S/C16H23N3O3/c1-18(2)8-4-7-17-15(20)10-12-5-6-14-13(9-12)19(3)16(21)11-22-14/h5-6,9H,4,7-8,10-11H2,1-3H3,(H,17,20). The van der Waals surface area contributed by atoms with Crippen molar-refractivity contribution in [3.63, 3.8) is 0 Å². The van der Waals surface area contributed by atoms with Crippen LogP contribution in [-0.2, 0) is 16.0 Å². The van der Waals surface area contributed by atoms with Gasteiger partial charge in [-0.25, -0.2) is 0 Å². The van der Waals surface area contributed by atoms with Crippen LogP contribution in [0.25, 0.3) is 0 Å². The number of benzene rings is 1. The van der Waals surface area contributed by atoms with E-state index in [1.54, 1.807) is 11.9 Å². The minimum atomic E-state index is -0.0854. The van der Waals surface area contributed by atoms with Crippen LogP contribution in [-0.4, -0.2) is 57.6 Å². The molecule has 1 aromatic carbocycles.